The van der Waals surface area contributed by atoms with Gasteiger partial charge >= 0.3 is 0 Å². The maximum absolute atomic E-state index is 14.0. The summed E-state index contributed by atoms with van der Waals surface area (Å²) in [6.45, 7) is 4.37. The van der Waals surface area contributed by atoms with Crippen molar-refractivity contribution in [2.45, 2.75) is 32.2 Å². The van der Waals surface area contributed by atoms with Crippen LogP contribution < -0.4 is 10.2 Å². The number of halogens is 1. The number of rotatable bonds is 5. The predicted molar refractivity (Wildman–Crippen MR) is 76.6 cm³/mol. The summed E-state index contributed by atoms with van der Waals surface area (Å²) in [6, 6.07) is 4.21. The monoisotopic (exact) mass is 281 g/mol. The Balaban J connectivity index is 2.12. The number of non-ortho nitro benzene ring substituents is 1. The number of piperidine rings is 1. The minimum Gasteiger partial charge on any atom is -0.368 e. The van der Waals surface area contributed by atoms with Crippen molar-refractivity contribution in [2.24, 2.45) is 0 Å². The summed E-state index contributed by atoms with van der Waals surface area (Å²) < 4.78 is 14.0. The molecule has 1 saturated heterocycles. The second-order valence-corrected chi connectivity index (χ2v) is 5.08. The van der Waals surface area contributed by atoms with Crippen molar-refractivity contribution in [3.8, 4) is 0 Å². The fraction of sp³-hybridized carbons (Fsp3) is 0.571. The Labute approximate surface area is 117 Å². The van der Waals surface area contributed by atoms with E-state index in [1.165, 1.54) is 25.0 Å². The minimum absolute atomic E-state index is 0.210. The Morgan fingerprint density at radius 3 is 2.85 bits per heavy atom. The standard InChI is InChI=1S/C14H20FN3O2/c1-2-17(10-11-5-3-4-8-16-11)14-7-6-12(18(19)20)9-13(14)15/h6-7,9,11,16H,2-5,8,10H2,1H3. The largest absolute Gasteiger partial charge is 0.368 e. The van der Waals surface area contributed by atoms with Crippen molar-refractivity contribution in [3.05, 3.63) is 34.1 Å². The summed E-state index contributed by atoms with van der Waals surface area (Å²) in [4.78, 5) is 12.0. The second-order valence-electron chi connectivity index (χ2n) is 5.08. The number of nitrogens with one attached hydrogen (secondary N) is 1. The summed E-state index contributed by atoms with van der Waals surface area (Å²) in [6.07, 6.45) is 3.47. The third-order valence-electron chi connectivity index (χ3n) is 3.72. The van der Waals surface area contributed by atoms with E-state index in [4.69, 9.17) is 0 Å². The molecule has 1 unspecified atom stereocenters. The molecular formula is C14H20FN3O2. The maximum Gasteiger partial charge on any atom is 0.272 e. The van der Waals surface area contributed by atoms with Gasteiger partial charge in [0.25, 0.3) is 5.69 Å². The molecule has 0 aromatic heterocycles. The molecule has 20 heavy (non-hydrogen) atoms. The summed E-state index contributed by atoms with van der Waals surface area (Å²) in [7, 11) is 0. The van der Waals surface area contributed by atoms with E-state index in [1.807, 2.05) is 11.8 Å². The Hall–Kier alpha value is -1.69. The van der Waals surface area contributed by atoms with E-state index in [0.29, 0.717) is 18.3 Å². The van der Waals surface area contributed by atoms with E-state index in [0.717, 1.165) is 25.6 Å². The number of benzene rings is 1. The van der Waals surface area contributed by atoms with Crippen LogP contribution in [0.1, 0.15) is 26.2 Å². The number of nitro groups is 1. The molecule has 1 aromatic carbocycles. The Kier molecular flexibility index (Phi) is 4.89. The van der Waals surface area contributed by atoms with E-state index < -0.39 is 10.7 Å². The molecule has 1 N–H and O–H groups in total. The lowest BCUT2D eigenvalue weighted by Crippen LogP contribution is -2.44. The zero-order valence-electron chi connectivity index (χ0n) is 11.6. The van der Waals surface area contributed by atoms with Gasteiger partial charge in [-0.25, -0.2) is 4.39 Å². The molecule has 0 saturated carbocycles. The number of anilines is 1. The highest BCUT2D eigenvalue weighted by Gasteiger charge is 2.19. The molecule has 110 valence electrons. The van der Waals surface area contributed by atoms with Gasteiger partial charge in [-0.05, 0) is 32.4 Å². The third-order valence-corrected chi connectivity index (χ3v) is 3.72. The average Bonchev–Trinajstić information content (AvgIpc) is 2.46. The highest BCUT2D eigenvalue weighted by molar-refractivity contribution is 5.52. The first-order chi connectivity index (χ1) is 9.61. The molecule has 1 aliphatic rings. The molecule has 1 fully saturated rings. The van der Waals surface area contributed by atoms with Crippen LogP contribution >= 0.6 is 0 Å². The molecule has 1 aromatic rings. The molecule has 2 rings (SSSR count). The van der Waals surface area contributed by atoms with Crippen LogP contribution in [-0.4, -0.2) is 30.6 Å². The fourth-order valence-electron chi connectivity index (χ4n) is 2.61. The molecule has 0 spiro atoms. The molecule has 0 radical (unpaired) electrons. The summed E-state index contributed by atoms with van der Waals surface area (Å²) in [5, 5.41) is 14.1. The van der Waals surface area contributed by atoms with Gasteiger partial charge in [0.1, 0.15) is 0 Å². The lowest BCUT2D eigenvalue weighted by Gasteiger charge is -2.31. The average molecular weight is 281 g/mol. The van der Waals surface area contributed by atoms with Gasteiger partial charge in [0.15, 0.2) is 5.82 Å². The number of nitrogens with zero attached hydrogens (tertiary/aromatic N) is 2. The van der Waals surface area contributed by atoms with E-state index in [2.05, 4.69) is 5.32 Å². The molecule has 0 amide bonds. The molecule has 1 atom stereocenters. The van der Waals surface area contributed by atoms with Crippen molar-refractivity contribution in [1.29, 1.82) is 0 Å². The fourth-order valence-corrected chi connectivity index (χ4v) is 2.61. The minimum atomic E-state index is -0.578. The highest BCUT2D eigenvalue weighted by atomic mass is 19.1. The van der Waals surface area contributed by atoms with Crippen LogP contribution in [0.2, 0.25) is 0 Å². The van der Waals surface area contributed by atoms with Gasteiger partial charge in [-0.2, -0.15) is 0 Å². The summed E-state index contributed by atoms with van der Waals surface area (Å²) in [5.74, 6) is -0.531. The van der Waals surface area contributed by atoms with Crippen molar-refractivity contribution in [3.63, 3.8) is 0 Å². The molecule has 0 aliphatic carbocycles. The van der Waals surface area contributed by atoms with Crippen LogP contribution in [0.25, 0.3) is 0 Å². The van der Waals surface area contributed by atoms with Gasteiger partial charge in [0, 0.05) is 25.2 Å². The van der Waals surface area contributed by atoms with E-state index in [9.17, 15) is 14.5 Å². The topological polar surface area (TPSA) is 58.4 Å². The SMILES string of the molecule is CCN(CC1CCCCN1)c1ccc([N+](=O)[O-])cc1F. The number of hydrogen-bond donors (Lipinski definition) is 1. The Morgan fingerprint density at radius 2 is 2.30 bits per heavy atom. The normalized spacial score (nSPS) is 18.8. The summed E-state index contributed by atoms with van der Waals surface area (Å²) >= 11 is 0. The van der Waals surface area contributed by atoms with E-state index in [1.54, 1.807) is 0 Å². The molecule has 5 nitrogen and oxygen atoms in total. The Morgan fingerprint density at radius 1 is 1.50 bits per heavy atom. The Bertz CT molecular complexity index is 475. The first-order valence-corrected chi connectivity index (χ1v) is 7.04. The van der Waals surface area contributed by atoms with E-state index >= 15 is 0 Å². The number of likely N-dealkylation sites (N-methyl/N-ethyl adjacent to an activating group) is 1. The number of nitro benzene ring substituents is 1. The third kappa shape index (κ3) is 3.45. The van der Waals surface area contributed by atoms with Crippen LogP contribution in [-0.2, 0) is 0 Å². The van der Waals surface area contributed by atoms with Crippen molar-refractivity contribution in [1.82, 2.24) is 5.32 Å². The first kappa shape index (κ1) is 14.7. The molecular weight excluding hydrogens is 261 g/mol. The smallest absolute Gasteiger partial charge is 0.272 e. The van der Waals surface area contributed by atoms with Gasteiger partial charge in [-0.15, -0.1) is 0 Å². The molecule has 1 aliphatic heterocycles. The number of hydrogen-bond acceptors (Lipinski definition) is 4. The molecule has 0 bridgehead atoms. The lowest BCUT2D eigenvalue weighted by atomic mass is 10.0. The van der Waals surface area contributed by atoms with Crippen LogP contribution in [0.15, 0.2) is 18.2 Å². The zero-order valence-corrected chi connectivity index (χ0v) is 11.6. The van der Waals surface area contributed by atoms with E-state index in [-0.39, 0.29) is 5.69 Å². The van der Waals surface area contributed by atoms with Gasteiger partial charge in [0.05, 0.1) is 16.7 Å². The molecule has 1 heterocycles. The summed E-state index contributed by atoms with van der Waals surface area (Å²) in [5.41, 5.74) is 0.226. The zero-order chi connectivity index (χ0) is 14.5. The van der Waals surface area contributed by atoms with Crippen molar-refractivity contribution in [2.75, 3.05) is 24.5 Å². The van der Waals surface area contributed by atoms with Crippen LogP contribution in [0.4, 0.5) is 15.8 Å². The quantitative estimate of drug-likeness (QED) is 0.666. The van der Waals surface area contributed by atoms with Crippen LogP contribution in [0, 0.1) is 15.9 Å². The predicted octanol–water partition coefficient (Wildman–Crippen LogP) is 2.70. The molecule has 6 heteroatoms. The van der Waals surface area contributed by atoms with Gasteiger partial charge in [-0.1, -0.05) is 6.42 Å². The lowest BCUT2D eigenvalue weighted by molar-refractivity contribution is -0.385. The van der Waals surface area contributed by atoms with Gasteiger partial charge in [0.2, 0.25) is 0 Å². The van der Waals surface area contributed by atoms with Crippen LogP contribution in [0.5, 0.6) is 0 Å². The van der Waals surface area contributed by atoms with Gasteiger partial charge < -0.3 is 10.2 Å². The maximum atomic E-state index is 14.0. The van der Waals surface area contributed by atoms with Crippen molar-refractivity contribution < 1.29 is 9.31 Å². The highest BCUT2D eigenvalue weighted by Crippen LogP contribution is 2.24. The van der Waals surface area contributed by atoms with Crippen LogP contribution in [0.3, 0.4) is 0 Å². The second kappa shape index (κ2) is 6.65. The van der Waals surface area contributed by atoms with Gasteiger partial charge in [-0.3, -0.25) is 10.1 Å². The first-order valence-electron chi connectivity index (χ1n) is 7.04. The van der Waals surface area contributed by atoms with Crippen molar-refractivity contribution >= 4 is 11.4 Å².